The Labute approximate surface area is 192 Å². The fourth-order valence-corrected chi connectivity index (χ4v) is 5.02. The molecule has 4 heterocycles. The number of likely N-dealkylation sites (N-methyl/N-ethyl adjacent to an activating group) is 1. The average Bonchev–Trinajstić information content (AvgIpc) is 3.19. The van der Waals surface area contributed by atoms with Gasteiger partial charge in [0.25, 0.3) is 5.91 Å². The van der Waals surface area contributed by atoms with E-state index in [9.17, 15) is 14.4 Å². The van der Waals surface area contributed by atoms with Crippen LogP contribution in [0.25, 0.3) is 10.9 Å². The standard InChI is InChI=1S/C25H29FN4O3/c1-28(20-8-12-33-13-9-20)10-6-18-16-29(15-17-2-4-19(26)5-3-17)22-14-27-24-21(23(18)22)7-11-30(32)25(24)31/h2-5,14,16,20,32H,6-13,15H2,1H3. The topological polar surface area (TPSA) is 70.8 Å². The number of nitrogens with zero attached hydrogens (tertiary/aromatic N) is 4. The largest absolute Gasteiger partial charge is 0.381 e. The molecule has 1 saturated heterocycles. The first kappa shape index (κ1) is 22.0. The summed E-state index contributed by atoms with van der Waals surface area (Å²) < 4.78 is 21.0. The van der Waals surface area contributed by atoms with Gasteiger partial charge in [0.15, 0.2) is 0 Å². The number of fused-ring (bicyclic) bond motifs is 3. The van der Waals surface area contributed by atoms with Crippen molar-refractivity contribution in [3.8, 4) is 0 Å². The number of hydroxylamine groups is 2. The van der Waals surface area contributed by atoms with E-state index in [1.54, 1.807) is 18.3 Å². The first-order chi connectivity index (χ1) is 16.0. The maximum absolute atomic E-state index is 13.4. The summed E-state index contributed by atoms with van der Waals surface area (Å²) in [5, 5.41) is 11.7. The third kappa shape index (κ3) is 4.38. The Balaban J connectivity index is 1.50. The number of benzene rings is 1. The van der Waals surface area contributed by atoms with E-state index in [1.807, 2.05) is 0 Å². The molecule has 0 radical (unpaired) electrons. The lowest BCUT2D eigenvalue weighted by Crippen LogP contribution is -2.37. The SMILES string of the molecule is CN(CCc1cn(Cc2ccc(F)cc2)c2cnc3c(c12)CCN(O)C3=O)C1CCOCC1. The van der Waals surface area contributed by atoms with Crippen LogP contribution in [0.4, 0.5) is 4.39 Å². The van der Waals surface area contributed by atoms with Crippen LogP contribution in [0.3, 0.4) is 0 Å². The number of carbonyl (C=O) groups is 1. The van der Waals surface area contributed by atoms with E-state index in [-0.39, 0.29) is 12.4 Å². The molecule has 8 heteroatoms. The molecule has 0 aliphatic carbocycles. The van der Waals surface area contributed by atoms with Crippen molar-refractivity contribution in [3.05, 3.63) is 64.9 Å². The van der Waals surface area contributed by atoms with Crippen LogP contribution < -0.4 is 0 Å². The molecule has 1 aromatic carbocycles. The second-order valence-electron chi connectivity index (χ2n) is 9.01. The summed E-state index contributed by atoms with van der Waals surface area (Å²) in [6.45, 7) is 3.37. The number of pyridine rings is 1. The Morgan fingerprint density at radius 1 is 1.24 bits per heavy atom. The number of hydrogen-bond acceptors (Lipinski definition) is 5. The van der Waals surface area contributed by atoms with Crippen molar-refractivity contribution in [1.29, 1.82) is 0 Å². The quantitative estimate of drug-likeness (QED) is 0.582. The van der Waals surface area contributed by atoms with Crippen LogP contribution in [0.1, 0.15) is 40.0 Å². The summed E-state index contributed by atoms with van der Waals surface area (Å²) in [6.07, 6.45) is 7.36. The van der Waals surface area contributed by atoms with Gasteiger partial charge in [0.2, 0.25) is 0 Å². The van der Waals surface area contributed by atoms with Crippen LogP contribution in [0.2, 0.25) is 0 Å². The van der Waals surface area contributed by atoms with Gasteiger partial charge in [-0.25, -0.2) is 14.4 Å². The zero-order valence-electron chi connectivity index (χ0n) is 18.8. The molecule has 0 spiro atoms. The number of carbonyl (C=O) groups excluding carboxylic acids is 1. The zero-order valence-corrected chi connectivity index (χ0v) is 18.8. The molecule has 7 nitrogen and oxygen atoms in total. The normalized spacial score (nSPS) is 17.2. The van der Waals surface area contributed by atoms with Crippen LogP contribution >= 0.6 is 0 Å². The van der Waals surface area contributed by atoms with Crippen molar-refractivity contribution >= 4 is 16.8 Å². The van der Waals surface area contributed by atoms with Crippen molar-refractivity contribution < 1.29 is 19.1 Å². The highest BCUT2D eigenvalue weighted by atomic mass is 19.1. The number of rotatable bonds is 6. The fraction of sp³-hybridized carbons (Fsp3) is 0.440. The van der Waals surface area contributed by atoms with Crippen LogP contribution in [-0.4, -0.2) is 70.0 Å². The Morgan fingerprint density at radius 3 is 2.76 bits per heavy atom. The maximum Gasteiger partial charge on any atom is 0.296 e. The van der Waals surface area contributed by atoms with E-state index in [4.69, 9.17) is 4.74 Å². The lowest BCUT2D eigenvalue weighted by Gasteiger charge is -2.31. The number of hydrogen-bond donors (Lipinski definition) is 1. The molecule has 2 aliphatic heterocycles. The van der Waals surface area contributed by atoms with Gasteiger partial charge in [-0.05, 0) is 61.6 Å². The summed E-state index contributed by atoms with van der Waals surface area (Å²) in [7, 11) is 2.16. The molecule has 3 aromatic rings. The van der Waals surface area contributed by atoms with Crippen LogP contribution in [-0.2, 0) is 24.1 Å². The van der Waals surface area contributed by atoms with Gasteiger partial charge in [0.1, 0.15) is 11.5 Å². The van der Waals surface area contributed by atoms with Gasteiger partial charge >= 0.3 is 0 Å². The molecule has 0 bridgehead atoms. The van der Waals surface area contributed by atoms with Gasteiger partial charge in [-0.1, -0.05) is 12.1 Å². The molecule has 0 saturated carbocycles. The van der Waals surface area contributed by atoms with Gasteiger partial charge in [-0.15, -0.1) is 0 Å². The molecule has 1 fully saturated rings. The molecule has 1 N–H and O–H groups in total. The van der Waals surface area contributed by atoms with Crippen molar-refractivity contribution in [1.82, 2.24) is 19.5 Å². The highest BCUT2D eigenvalue weighted by Crippen LogP contribution is 2.31. The van der Waals surface area contributed by atoms with E-state index in [1.165, 1.54) is 17.7 Å². The zero-order chi connectivity index (χ0) is 22.9. The Bertz CT molecular complexity index is 1150. The van der Waals surface area contributed by atoms with E-state index in [0.29, 0.717) is 24.7 Å². The van der Waals surface area contributed by atoms with Crippen molar-refractivity contribution in [3.63, 3.8) is 0 Å². The number of amides is 1. The highest BCUT2D eigenvalue weighted by molar-refractivity contribution is 6.00. The monoisotopic (exact) mass is 452 g/mol. The average molecular weight is 453 g/mol. The van der Waals surface area contributed by atoms with Gasteiger partial charge in [-0.3, -0.25) is 10.0 Å². The highest BCUT2D eigenvalue weighted by Gasteiger charge is 2.28. The Morgan fingerprint density at radius 2 is 2.00 bits per heavy atom. The molecule has 2 aromatic heterocycles. The molecule has 174 valence electrons. The van der Waals surface area contributed by atoms with Crippen LogP contribution in [0.15, 0.2) is 36.7 Å². The molecule has 33 heavy (non-hydrogen) atoms. The Kier molecular flexibility index (Phi) is 6.14. The first-order valence-corrected chi connectivity index (χ1v) is 11.5. The van der Waals surface area contributed by atoms with Crippen LogP contribution in [0, 0.1) is 5.82 Å². The number of aromatic nitrogens is 2. The molecule has 0 atom stereocenters. The molecule has 5 rings (SSSR count). The summed E-state index contributed by atoms with van der Waals surface area (Å²) in [4.78, 5) is 19.3. The third-order valence-corrected chi connectivity index (χ3v) is 6.93. The fourth-order valence-electron chi connectivity index (χ4n) is 5.02. The summed E-state index contributed by atoms with van der Waals surface area (Å²) in [6, 6.07) is 7.04. The molecule has 2 aliphatic rings. The van der Waals surface area contributed by atoms with E-state index >= 15 is 0 Å². The van der Waals surface area contributed by atoms with Crippen molar-refractivity contribution in [2.24, 2.45) is 0 Å². The molecule has 0 unspecified atom stereocenters. The second-order valence-corrected chi connectivity index (χ2v) is 9.01. The van der Waals surface area contributed by atoms with Crippen LogP contribution in [0.5, 0.6) is 0 Å². The number of ether oxygens (including phenoxy) is 1. The predicted molar refractivity (Wildman–Crippen MR) is 122 cm³/mol. The molecular weight excluding hydrogens is 423 g/mol. The van der Waals surface area contributed by atoms with Gasteiger partial charge < -0.3 is 14.2 Å². The molecular formula is C25H29FN4O3. The minimum Gasteiger partial charge on any atom is -0.381 e. The number of halogens is 1. The van der Waals surface area contributed by atoms with Crippen molar-refractivity contribution in [2.75, 3.05) is 33.4 Å². The van der Waals surface area contributed by atoms with E-state index in [0.717, 1.165) is 66.1 Å². The third-order valence-electron chi connectivity index (χ3n) is 6.93. The Hall–Kier alpha value is -2.81. The smallest absolute Gasteiger partial charge is 0.296 e. The summed E-state index contributed by atoms with van der Waals surface area (Å²) in [5.41, 5.74) is 4.36. The van der Waals surface area contributed by atoms with Gasteiger partial charge in [0, 0.05) is 43.9 Å². The second kappa shape index (κ2) is 9.21. The van der Waals surface area contributed by atoms with E-state index < -0.39 is 5.91 Å². The predicted octanol–water partition coefficient (Wildman–Crippen LogP) is 3.26. The summed E-state index contributed by atoms with van der Waals surface area (Å²) >= 11 is 0. The maximum atomic E-state index is 13.4. The van der Waals surface area contributed by atoms with Gasteiger partial charge in [-0.2, -0.15) is 0 Å². The minimum atomic E-state index is -0.449. The van der Waals surface area contributed by atoms with Crippen molar-refractivity contribution in [2.45, 2.75) is 38.3 Å². The lowest BCUT2D eigenvalue weighted by atomic mass is 9.97. The molecule has 1 amide bonds. The first-order valence-electron chi connectivity index (χ1n) is 11.5. The summed E-state index contributed by atoms with van der Waals surface area (Å²) in [5.74, 6) is -0.703. The minimum absolute atomic E-state index is 0.254. The lowest BCUT2D eigenvalue weighted by molar-refractivity contribution is -0.0606. The van der Waals surface area contributed by atoms with Gasteiger partial charge in [0.05, 0.1) is 18.3 Å². The van der Waals surface area contributed by atoms with E-state index in [2.05, 4.69) is 27.7 Å².